The molecule has 2 N–H and O–H groups in total. The summed E-state index contributed by atoms with van der Waals surface area (Å²) >= 11 is 0. The smallest absolute Gasteiger partial charge is 0.161 e. The van der Waals surface area contributed by atoms with Crippen LogP contribution in [0.2, 0.25) is 0 Å². The van der Waals surface area contributed by atoms with Gasteiger partial charge in [-0.2, -0.15) is 0 Å². The van der Waals surface area contributed by atoms with Gasteiger partial charge in [0.2, 0.25) is 0 Å². The molecule has 1 saturated heterocycles. The topological polar surface area (TPSA) is 81.3 Å². The lowest BCUT2D eigenvalue weighted by Crippen LogP contribution is -2.50. The number of hydrogen-bond acceptors (Lipinski definition) is 6. The van der Waals surface area contributed by atoms with Gasteiger partial charge in [-0.1, -0.05) is 0 Å². The van der Waals surface area contributed by atoms with Crippen molar-refractivity contribution >= 4 is 22.3 Å². The number of benzene rings is 1. The molecule has 0 spiro atoms. The molecule has 0 amide bonds. The summed E-state index contributed by atoms with van der Waals surface area (Å²) in [7, 11) is -0.863. The van der Waals surface area contributed by atoms with Crippen LogP contribution in [-0.4, -0.2) is 44.7 Å². The van der Waals surface area contributed by atoms with Crippen LogP contribution in [0.4, 0.5) is 11.5 Å². The molecule has 2 aromatic rings. The lowest BCUT2D eigenvalue weighted by molar-refractivity contribution is 0.0752. The van der Waals surface area contributed by atoms with E-state index in [2.05, 4.69) is 24.8 Å². The molecule has 154 valence electrons. The van der Waals surface area contributed by atoms with Crippen LogP contribution in [0.25, 0.3) is 11.4 Å². The summed E-state index contributed by atoms with van der Waals surface area (Å²) in [6.07, 6.45) is 4.05. The van der Waals surface area contributed by atoms with E-state index in [1.54, 1.807) is 0 Å². The molecule has 6 nitrogen and oxygen atoms in total. The maximum absolute atomic E-state index is 13.2. The molecule has 1 aliphatic heterocycles. The highest BCUT2D eigenvalue weighted by Crippen LogP contribution is 2.55. The van der Waals surface area contributed by atoms with Gasteiger partial charge in [0.1, 0.15) is 5.82 Å². The Labute approximate surface area is 174 Å². The number of aromatic nitrogens is 2. The van der Waals surface area contributed by atoms with Gasteiger partial charge in [0, 0.05) is 33.4 Å². The van der Waals surface area contributed by atoms with Crippen molar-refractivity contribution in [2.75, 3.05) is 23.8 Å². The van der Waals surface area contributed by atoms with Gasteiger partial charge in [-0.15, -0.1) is 0 Å². The van der Waals surface area contributed by atoms with E-state index in [9.17, 15) is 4.21 Å². The fourth-order valence-corrected chi connectivity index (χ4v) is 6.31. The molecule has 3 aliphatic rings. The minimum absolute atomic E-state index is 0.227. The average molecular weight is 413 g/mol. The fourth-order valence-electron chi connectivity index (χ4n) is 4.29. The van der Waals surface area contributed by atoms with Crippen LogP contribution in [0, 0.1) is 0 Å². The van der Waals surface area contributed by atoms with Crippen LogP contribution in [0.5, 0.6) is 0 Å². The van der Waals surface area contributed by atoms with Crippen LogP contribution in [0.15, 0.2) is 30.3 Å². The molecule has 0 bridgehead atoms. The molecule has 1 aromatic heterocycles. The number of nitrogen functional groups attached to an aromatic ring is 1. The van der Waals surface area contributed by atoms with Gasteiger partial charge in [-0.05, 0) is 63.8 Å². The molecule has 5 rings (SSSR count). The van der Waals surface area contributed by atoms with Crippen molar-refractivity contribution in [3.8, 4) is 11.4 Å². The summed E-state index contributed by atoms with van der Waals surface area (Å²) in [5, 5.41) is 0.345. The molecule has 3 fully saturated rings. The highest BCUT2D eigenvalue weighted by Gasteiger charge is 2.56. The van der Waals surface area contributed by atoms with Crippen molar-refractivity contribution in [2.24, 2.45) is 0 Å². The van der Waals surface area contributed by atoms with Crippen LogP contribution in [-0.2, 0) is 20.3 Å². The Morgan fingerprint density at radius 2 is 1.76 bits per heavy atom. The Morgan fingerprint density at radius 1 is 1.10 bits per heavy atom. The first-order chi connectivity index (χ1) is 14.0. The molecular weight excluding hydrogens is 384 g/mol. The van der Waals surface area contributed by atoms with E-state index in [-0.39, 0.29) is 16.8 Å². The van der Waals surface area contributed by atoms with Crippen LogP contribution >= 0.6 is 0 Å². The largest absolute Gasteiger partial charge is 0.399 e. The van der Waals surface area contributed by atoms with E-state index in [1.165, 1.54) is 0 Å². The van der Waals surface area contributed by atoms with Gasteiger partial charge in [-0.25, -0.2) is 9.97 Å². The predicted molar refractivity (Wildman–Crippen MR) is 116 cm³/mol. The van der Waals surface area contributed by atoms with E-state index >= 15 is 0 Å². The van der Waals surface area contributed by atoms with Crippen molar-refractivity contribution in [1.82, 2.24) is 9.97 Å². The molecule has 3 atom stereocenters. The summed E-state index contributed by atoms with van der Waals surface area (Å²) in [6, 6.07) is 10.2. The third-order valence-electron chi connectivity index (χ3n) is 6.20. The minimum Gasteiger partial charge on any atom is -0.399 e. The SMILES string of the molecule is CC1COCC(C)N1c1cc(C2(S(=O)C3CC3)CC2)nc(-c2ccc(N)cc2)n1. The number of ether oxygens (including phenoxy) is 1. The van der Waals surface area contributed by atoms with Crippen molar-refractivity contribution in [3.05, 3.63) is 36.0 Å². The third kappa shape index (κ3) is 3.44. The maximum atomic E-state index is 13.2. The van der Waals surface area contributed by atoms with Crippen molar-refractivity contribution in [2.45, 2.75) is 61.6 Å². The standard InChI is InChI=1S/C22H28N4O2S/c1-14-12-28-13-15(2)26(14)20-11-19(22(9-10-22)29(27)18-7-8-18)24-21(25-20)16-3-5-17(23)6-4-16/h3-6,11,14-15,18H,7-10,12-13,23H2,1-2H3. The molecule has 1 aromatic carbocycles. The van der Waals surface area contributed by atoms with Gasteiger partial charge in [-0.3, -0.25) is 4.21 Å². The predicted octanol–water partition coefficient (Wildman–Crippen LogP) is 3.24. The average Bonchev–Trinajstić information content (AvgIpc) is 3.62. The second-order valence-corrected chi connectivity index (χ2v) is 10.7. The molecule has 7 heteroatoms. The molecule has 0 radical (unpaired) electrons. The fraction of sp³-hybridized carbons (Fsp3) is 0.545. The lowest BCUT2D eigenvalue weighted by Gasteiger charge is -2.40. The summed E-state index contributed by atoms with van der Waals surface area (Å²) in [4.78, 5) is 12.2. The van der Waals surface area contributed by atoms with Gasteiger partial charge >= 0.3 is 0 Å². The van der Waals surface area contributed by atoms with Gasteiger partial charge in [0.05, 0.1) is 35.7 Å². The molecule has 2 heterocycles. The van der Waals surface area contributed by atoms with Crippen molar-refractivity contribution < 1.29 is 8.95 Å². The van der Waals surface area contributed by atoms with Crippen LogP contribution in [0.3, 0.4) is 0 Å². The van der Waals surface area contributed by atoms with Gasteiger partial charge in [0.15, 0.2) is 5.82 Å². The summed E-state index contributed by atoms with van der Waals surface area (Å²) in [6.45, 7) is 5.69. The first kappa shape index (κ1) is 19.0. The molecule has 2 aliphatic carbocycles. The highest BCUT2D eigenvalue weighted by molar-refractivity contribution is 7.87. The third-order valence-corrected chi connectivity index (χ3v) is 8.66. The molecule has 29 heavy (non-hydrogen) atoms. The van der Waals surface area contributed by atoms with E-state index in [4.69, 9.17) is 20.4 Å². The van der Waals surface area contributed by atoms with E-state index in [0.717, 1.165) is 42.8 Å². The van der Waals surface area contributed by atoms with Crippen molar-refractivity contribution in [1.29, 1.82) is 0 Å². The Bertz CT molecular complexity index is 930. The zero-order chi connectivity index (χ0) is 20.2. The normalized spacial score (nSPS) is 26.9. The number of anilines is 2. The van der Waals surface area contributed by atoms with E-state index < -0.39 is 10.8 Å². The number of morpholine rings is 1. The van der Waals surface area contributed by atoms with Crippen LogP contribution < -0.4 is 10.6 Å². The van der Waals surface area contributed by atoms with Crippen molar-refractivity contribution in [3.63, 3.8) is 0 Å². The second-order valence-electron chi connectivity index (χ2n) is 8.69. The summed E-state index contributed by atoms with van der Waals surface area (Å²) < 4.78 is 18.6. The molecule has 3 unspecified atom stereocenters. The molecule has 2 saturated carbocycles. The molecular formula is C22H28N4O2S. The summed E-state index contributed by atoms with van der Waals surface area (Å²) in [5.41, 5.74) is 8.46. The first-order valence-electron chi connectivity index (χ1n) is 10.5. The minimum atomic E-state index is -0.863. The number of hydrogen-bond donors (Lipinski definition) is 1. The first-order valence-corrected chi connectivity index (χ1v) is 11.7. The van der Waals surface area contributed by atoms with E-state index in [1.807, 2.05) is 24.3 Å². The monoisotopic (exact) mass is 412 g/mol. The number of rotatable bonds is 5. The zero-order valence-electron chi connectivity index (χ0n) is 17.0. The Hall–Kier alpha value is -1.99. The second kappa shape index (κ2) is 7.06. The quantitative estimate of drug-likeness (QED) is 0.760. The zero-order valence-corrected chi connectivity index (χ0v) is 17.8. The summed E-state index contributed by atoms with van der Waals surface area (Å²) in [5.74, 6) is 1.59. The van der Waals surface area contributed by atoms with Crippen LogP contribution in [0.1, 0.15) is 45.2 Å². The Morgan fingerprint density at radius 3 is 2.34 bits per heavy atom. The number of nitrogens with two attached hydrogens (primary N) is 1. The highest BCUT2D eigenvalue weighted by atomic mass is 32.2. The Kier molecular flexibility index (Phi) is 4.62. The van der Waals surface area contributed by atoms with Gasteiger partial charge < -0.3 is 15.4 Å². The maximum Gasteiger partial charge on any atom is 0.161 e. The van der Waals surface area contributed by atoms with E-state index in [0.29, 0.717) is 30.0 Å². The lowest BCUT2D eigenvalue weighted by atomic mass is 10.1. The Balaban J connectivity index is 1.61. The number of nitrogens with zero attached hydrogens (tertiary/aromatic N) is 3. The van der Waals surface area contributed by atoms with Gasteiger partial charge in [0.25, 0.3) is 0 Å².